The van der Waals surface area contributed by atoms with Crippen LogP contribution in [0.15, 0.2) is 23.8 Å². The van der Waals surface area contributed by atoms with Crippen molar-refractivity contribution in [2.45, 2.75) is 31.4 Å². The zero-order chi connectivity index (χ0) is 11.4. The summed E-state index contributed by atoms with van der Waals surface area (Å²) in [7, 11) is 1.77. The van der Waals surface area contributed by atoms with E-state index in [-0.39, 0.29) is 5.92 Å². The van der Waals surface area contributed by atoms with Gasteiger partial charge in [-0.05, 0) is 24.8 Å². The largest absolute Gasteiger partial charge is 0.380 e. The van der Waals surface area contributed by atoms with E-state index in [1.54, 1.807) is 7.11 Å². The van der Waals surface area contributed by atoms with Crippen LogP contribution in [0.4, 0.5) is 0 Å². The fourth-order valence-electron chi connectivity index (χ4n) is 2.31. The summed E-state index contributed by atoms with van der Waals surface area (Å²) in [4.78, 5) is 0. The second-order valence-corrected chi connectivity index (χ2v) is 4.43. The molecule has 0 radical (unpaired) electrons. The Kier molecular flexibility index (Phi) is 3.76. The number of rotatable bonds is 2. The van der Waals surface area contributed by atoms with E-state index in [0.29, 0.717) is 12.1 Å². The molecule has 1 N–H and O–H groups in total. The van der Waals surface area contributed by atoms with Gasteiger partial charge in [0.15, 0.2) is 0 Å². The third kappa shape index (κ3) is 2.52. The fraction of sp³-hybridized carbons (Fsp3) is 0.615. The fourth-order valence-corrected chi connectivity index (χ4v) is 2.31. The highest BCUT2D eigenvalue weighted by Gasteiger charge is 2.23. The van der Waals surface area contributed by atoms with Gasteiger partial charge in [0.1, 0.15) is 0 Å². The zero-order valence-electron chi connectivity index (χ0n) is 9.65. The Bertz CT molecular complexity index is 332. The molecule has 0 saturated carbocycles. The molecule has 3 heteroatoms. The van der Waals surface area contributed by atoms with Gasteiger partial charge in [0.05, 0.1) is 18.1 Å². The summed E-state index contributed by atoms with van der Waals surface area (Å²) in [5.74, 6) is 0.0686. The third-order valence-electron chi connectivity index (χ3n) is 3.40. The molecule has 0 bridgehead atoms. The van der Waals surface area contributed by atoms with Gasteiger partial charge < -0.3 is 10.1 Å². The first-order valence-electron chi connectivity index (χ1n) is 5.87. The maximum absolute atomic E-state index is 8.79. The second-order valence-electron chi connectivity index (χ2n) is 4.43. The number of hydrogen-bond acceptors (Lipinski definition) is 3. The van der Waals surface area contributed by atoms with Crippen molar-refractivity contribution >= 4 is 0 Å². The van der Waals surface area contributed by atoms with Crippen LogP contribution >= 0.6 is 0 Å². The molecule has 1 aliphatic carbocycles. The topological polar surface area (TPSA) is 45.0 Å². The molecule has 3 unspecified atom stereocenters. The molecule has 1 fully saturated rings. The molecular weight excluding hydrogens is 200 g/mol. The second kappa shape index (κ2) is 5.29. The molecule has 3 atom stereocenters. The number of nitrogens with one attached hydrogen (secondary N) is 1. The summed E-state index contributed by atoms with van der Waals surface area (Å²) in [5.41, 5.74) is 1.33. The van der Waals surface area contributed by atoms with Crippen LogP contribution in [0.1, 0.15) is 19.3 Å². The van der Waals surface area contributed by atoms with Crippen molar-refractivity contribution in [2.24, 2.45) is 5.92 Å². The summed E-state index contributed by atoms with van der Waals surface area (Å²) in [5, 5.41) is 12.3. The lowest BCUT2D eigenvalue weighted by atomic mass is 9.90. The minimum absolute atomic E-state index is 0.0686. The van der Waals surface area contributed by atoms with Crippen molar-refractivity contribution in [1.82, 2.24) is 5.32 Å². The molecule has 2 aliphatic rings. The summed E-state index contributed by atoms with van der Waals surface area (Å²) < 4.78 is 5.32. The highest BCUT2D eigenvalue weighted by Crippen LogP contribution is 2.23. The van der Waals surface area contributed by atoms with Gasteiger partial charge in [0.25, 0.3) is 0 Å². The lowest BCUT2D eigenvalue weighted by Crippen LogP contribution is -2.43. The average molecular weight is 218 g/mol. The Labute approximate surface area is 96.8 Å². The highest BCUT2D eigenvalue weighted by atomic mass is 16.5. The van der Waals surface area contributed by atoms with E-state index in [4.69, 9.17) is 10.00 Å². The van der Waals surface area contributed by atoms with Crippen LogP contribution in [-0.4, -0.2) is 25.8 Å². The van der Waals surface area contributed by atoms with Crippen molar-refractivity contribution in [3.05, 3.63) is 23.8 Å². The van der Waals surface area contributed by atoms with Crippen LogP contribution < -0.4 is 5.32 Å². The quantitative estimate of drug-likeness (QED) is 0.768. The molecule has 1 saturated heterocycles. The molecule has 0 amide bonds. The summed E-state index contributed by atoms with van der Waals surface area (Å²) in [6.45, 7) is 0.925. The van der Waals surface area contributed by atoms with E-state index in [1.165, 1.54) is 5.57 Å². The molecule has 3 nitrogen and oxygen atoms in total. The molecule has 1 heterocycles. The van der Waals surface area contributed by atoms with Crippen LogP contribution in [0.25, 0.3) is 0 Å². The Morgan fingerprint density at radius 2 is 2.38 bits per heavy atom. The van der Waals surface area contributed by atoms with Gasteiger partial charge in [-0.15, -0.1) is 0 Å². The first-order chi connectivity index (χ1) is 7.83. The standard InChI is InChI=1S/C13H18N2O/c1-16-12-6-7-13(15-9-12)11-4-2-10(8-14)3-5-11/h2,4-5,10,12-13,15H,3,6-7,9H2,1H3. The van der Waals surface area contributed by atoms with E-state index < -0.39 is 0 Å². The van der Waals surface area contributed by atoms with Crippen molar-refractivity contribution in [2.75, 3.05) is 13.7 Å². The van der Waals surface area contributed by atoms with Gasteiger partial charge in [-0.2, -0.15) is 5.26 Å². The van der Waals surface area contributed by atoms with Crippen LogP contribution in [0.2, 0.25) is 0 Å². The number of allylic oxidation sites excluding steroid dienone is 2. The van der Waals surface area contributed by atoms with Crippen LogP contribution in [0, 0.1) is 17.2 Å². The monoisotopic (exact) mass is 218 g/mol. The minimum Gasteiger partial charge on any atom is -0.380 e. The number of nitrogens with zero attached hydrogens (tertiary/aromatic N) is 1. The normalized spacial score (nSPS) is 34.2. The number of methoxy groups -OCH3 is 1. The first kappa shape index (κ1) is 11.4. The van der Waals surface area contributed by atoms with Gasteiger partial charge in [0, 0.05) is 19.7 Å². The zero-order valence-corrected chi connectivity index (χ0v) is 9.65. The van der Waals surface area contributed by atoms with Crippen molar-refractivity contribution in [1.29, 1.82) is 5.26 Å². The SMILES string of the molecule is COC1CCC(C2=CCC(C#N)C=C2)NC1. The van der Waals surface area contributed by atoms with Crippen LogP contribution in [-0.2, 0) is 4.74 Å². The molecule has 1 aliphatic heterocycles. The van der Waals surface area contributed by atoms with Gasteiger partial charge >= 0.3 is 0 Å². The van der Waals surface area contributed by atoms with Gasteiger partial charge in [-0.1, -0.05) is 18.2 Å². The molecular formula is C13H18N2O. The Balaban J connectivity index is 1.89. The molecule has 16 heavy (non-hydrogen) atoms. The van der Waals surface area contributed by atoms with E-state index in [0.717, 1.165) is 25.8 Å². The predicted molar refractivity (Wildman–Crippen MR) is 62.8 cm³/mol. The molecule has 2 rings (SSSR count). The lowest BCUT2D eigenvalue weighted by molar-refractivity contribution is 0.0742. The Morgan fingerprint density at radius 1 is 1.50 bits per heavy atom. The Hall–Kier alpha value is -1.11. The van der Waals surface area contributed by atoms with E-state index in [9.17, 15) is 0 Å². The van der Waals surface area contributed by atoms with Gasteiger partial charge in [-0.3, -0.25) is 0 Å². The maximum Gasteiger partial charge on any atom is 0.0700 e. The smallest absolute Gasteiger partial charge is 0.0700 e. The average Bonchev–Trinajstić information content (AvgIpc) is 2.39. The number of ether oxygens (including phenoxy) is 1. The lowest BCUT2D eigenvalue weighted by Gasteiger charge is -2.30. The van der Waals surface area contributed by atoms with Gasteiger partial charge in [0.2, 0.25) is 0 Å². The summed E-state index contributed by atoms with van der Waals surface area (Å²) >= 11 is 0. The Morgan fingerprint density at radius 3 is 2.88 bits per heavy atom. The van der Waals surface area contributed by atoms with E-state index >= 15 is 0 Å². The molecule has 0 spiro atoms. The number of piperidine rings is 1. The van der Waals surface area contributed by atoms with Crippen LogP contribution in [0.3, 0.4) is 0 Å². The molecule has 0 aromatic heterocycles. The van der Waals surface area contributed by atoms with E-state index in [1.807, 2.05) is 6.08 Å². The number of hydrogen-bond donors (Lipinski definition) is 1. The highest BCUT2D eigenvalue weighted by molar-refractivity contribution is 5.31. The molecule has 86 valence electrons. The number of nitriles is 1. The summed E-state index contributed by atoms with van der Waals surface area (Å²) in [6, 6.07) is 2.72. The minimum atomic E-state index is 0.0686. The summed E-state index contributed by atoms with van der Waals surface area (Å²) in [6.07, 6.45) is 9.75. The maximum atomic E-state index is 8.79. The van der Waals surface area contributed by atoms with Crippen molar-refractivity contribution in [3.8, 4) is 6.07 Å². The third-order valence-corrected chi connectivity index (χ3v) is 3.40. The predicted octanol–water partition coefficient (Wildman–Crippen LogP) is 1.78. The van der Waals surface area contributed by atoms with Gasteiger partial charge in [-0.25, -0.2) is 0 Å². The van der Waals surface area contributed by atoms with Crippen LogP contribution in [0.5, 0.6) is 0 Å². The molecule has 0 aromatic carbocycles. The first-order valence-corrected chi connectivity index (χ1v) is 5.87. The van der Waals surface area contributed by atoms with E-state index in [2.05, 4.69) is 23.5 Å². The van der Waals surface area contributed by atoms with Crippen molar-refractivity contribution in [3.63, 3.8) is 0 Å². The van der Waals surface area contributed by atoms with Crippen molar-refractivity contribution < 1.29 is 4.74 Å². The molecule has 0 aromatic rings.